The molecule has 0 fully saturated rings. The van der Waals surface area contributed by atoms with Crippen LogP contribution in [0.25, 0.3) is 0 Å². The molecule has 2 heterocycles. The van der Waals surface area contributed by atoms with Crippen LogP contribution in [-0.4, -0.2) is 0 Å². The summed E-state index contributed by atoms with van der Waals surface area (Å²) in [4.78, 5) is 2.64. The Labute approximate surface area is 106 Å². The number of hydrogen-bond acceptors (Lipinski definition) is 3. The number of thiophene rings is 2. The van der Waals surface area contributed by atoms with Gasteiger partial charge in [-0.15, -0.1) is 11.3 Å². The molecule has 0 bridgehead atoms. The third-order valence-corrected chi connectivity index (χ3v) is 5.38. The van der Waals surface area contributed by atoms with Crippen molar-refractivity contribution in [2.24, 2.45) is 5.73 Å². The summed E-state index contributed by atoms with van der Waals surface area (Å²) in [6, 6.07) is 4.31. The second-order valence-electron chi connectivity index (χ2n) is 3.31. The Balaban J connectivity index is 2.28. The van der Waals surface area contributed by atoms with Crippen LogP contribution >= 0.6 is 38.6 Å². The number of hydrogen-bond donors (Lipinski definition) is 1. The standard InChI is InChI=1S/C11H12BrNS2/c1-2-7-3-4-10(15-7)11(13)8-5-14-6-9(8)12/h3-6,11H,2,13H2,1H3. The number of aryl methyl sites for hydroxylation is 1. The van der Waals surface area contributed by atoms with Crippen molar-refractivity contribution in [3.8, 4) is 0 Å². The highest BCUT2D eigenvalue weighted by atomic mass is 79.9. The molecule has 2 aromatic heterocycles. The van der Waals surface area contributed by atoms with Gasteiger partial charge in [0.15, 0.2) is 0 Å². The summed E-state index contributed by atoms with van der Waals surface area (Å²) >= 11 is 7.01. The molecule has 0 aliphatic rings. The van der Waals surface area contributed by atoms with Gasteiger partial charge in [0, 0.05) is 19.6 Å². The first-order valence-corrected chi connectivity index (χ1v) is 7.33. The Hall–Kier alpha value is -0.160. The average Bonchev–Trinajstić information content (AvgIpc) is 2.84. The van der Waals surface area contributed by atoms with Gasteiger partial charge in [-0.3, -0.25) is 0 Å². The van der Waals surface area contributed by atoms with E-state index in [0.717, 1.165) is 10.9 Å². The van der Waals surface area contributed by atoms with Crippen molar-refractivity contribution < 1.29 is 0 Å². The molecule has 0 aliphatic heterocycles. The van der Waals surface area contributed by atoms with Crippen molar-refractivity contribution in [2.45, 2.75) is 19.4 Å². The maximum absolute atomic E-state index is 6.22. The minimum atomic E-state index is 0.0101. The van der Waals surface area contributed by atoms with Gasteiger partial charge in [0.25, 0.3) is 0 Å². The molecular weight excluding hydrogens is 290 g/mol. The van der Waals surface area contributed by atoms with E-state index in [1.165, 1.54) is 15.3 Å². The minimum Gasteiger partial charge on any atom is -0.320 e. The van der Waals surface area contributed by atoms with Crippen LogP contribution in [0.15, 0.2) is 27.4 Å². The second-order valence-corrected chi connectivity index (χ2v) is 6.11. The quantitative estimate of drug-likeness (QED) is 0.904. The molecule has 2 N–H and O–H groups in total. The number of nitrogens with two attached hydrogens (primary N) is 1. The number of rotatable bonds is 3. The molecular formula is C11H12BrNS2. The lowest BCUT2D eigenvalue weighted by Crippen LogP contribution is -2.09. The summed E-state index contributed by atoms with van der Waals surface area (Å²) in [5, 5.41) is 4.18. The molecule has 0 radical (unpaired) electrons. The molecule has 0 saturated carbocycles. The van der Waals surface area contributed by atoms with Crippen LogP contribution in [0.3, 0.4) is 0 Å². The fourth-order valence-electron chi connectivity index (χ4n) is 1.42. The lowest BCUT2D eigenvalue weighted by Gasteiger charge is -2.08. The van der Waals surface area contributed by atoms with Crippen molar-refractivity contribution in [2.75, 3.05) is 0 Å². The van der Waals surface area contributed by atoms with Crippen LogP contribution in [0, 0.1) is 0 Å². The Morgan fingerprint density at radius 2 is 2.20 bits per heavy atom. The maximum Gasteiger partial charge on any atom is 0.0665 e. The van der Waals surface area contributed by atoms with Gasteiger partial charge in [-0.2, -0.15) is 11.3 Å². The Morgan fingerprint density at radius 1 is 1.40 bits per heavy atom. The molecule has 2 rings (SSSR count). The highest BCUT2D eigenvalue weighted by Crippen LogP contribution is 2.33. The fraction of sp³-hybridized carbons (Fsp3) is 0.273. The van der Waals surface area contributed by atoms with Crippen molar-refractivity contribution in [1.29, 1.82) is 0 Å². The Kier molecular flexibility index (Phi) is 3.61. The van der Waals surface area contributed by atoms with Gasteiger partial charge in [-0.25, -0.2) is 0 Å². The summed E-state index contributed by atoms with van der Waals surface area (Å²) in [5.41, 5.74) is 7.40. The number of halogens is 1. The van der Waals surface area contributed by atoms with E-state index in [-0.39, 0.29) is 6.04 Å². The van der Waals surface area contributed by atoms with Crippen LogP contribution in [0.4, 0.5) is 0 Å². The third kappa shape index (κ3) is 2.33. The largest absolute Gasteiger partial charge is 0.320 e. The van der Waals surface area contributed by atoms with E-state index in [0.29, 0.717) is 0 Å². The summed E-state index contributed by atoms with van der Waals surface area (Å²) in [7, 11) is 0. The lowest BCUT2D eigenvalue weighted by atomic mass is 10.1. The van der Waals surface area contributed by atoms with Gasteiger partial charge >= 0.3 is 0 Å². The molecule has 0 spiro atoms. The molecule has 4 heteroatoms. The van der Waals surface area contributed by atoms with Gasteiger partial charge in [0.2, 0.25) is 0 Å². The molecule has 0 aliphatic carbocycles. The van der Waals surface area contributed by atoms with Crippen molar-refractivity contribution in [1.82, 2.24) is 0 Å². The van der Waals surface area contributed by atoms with Gasteiger partial charge < -0.3 is 5.73 Å². The smallest absolute Gasteiger partial charge is 0.0665 e. The van der Waals surface area contributed by atoms with Gasteiger partial charge in [0.05, 0.1) is 6.04 Å². The summed E-state index contributed by atoms with van der Waals surface area (Å²) < 4.78 is 1.12. The zero-order valence-corrected chi connectivity index (χ0v) is 11.6. The molecule has 2 aromatic rings. The predicted octanol–water partition coefficient (Wildman–Crippen LogP) is 4.18. The second kappa shape index (κ2) is 4.78. The molecule has 0 amide bonds. The first-order valence-electron chi connectivity index (χ1n) is 4.78. The molecule has 1 unspecified atom stereocenters. The van der Waals surface area contributed by atoms with Crippen LogP contribution in [0.5, 0.6) is 0 Å². The predicted molar refractivity (Wildman–Crippen MR) is 71.7 cm³/mol. The molecule has 0 aromatic carbocycles. The topological polar surface area (TPSA) is 26.0 Å². The van der Waals surface area contributed by atoms with E-state index in [9.17, 15) is 0 Å². The molecule has 80 valence electrons. The van der Waals surface area contributed by atoms with E-state index < -0.39 is 0 Å². The van der Waals surface area contributed by atoms with Crippen LogP contribution in [0.2, 0.25) is 0 Å². The van der Waals surface area contributed by atoms with E-state index >= 15 is 0 Å². The summed E-state index contributed by atoms with van der Waals surface area (Å²) in [6.07, 6.45) is 1.09. The van der Waals surface area contributed by atoms with Crippen LogP contribution < -0.4 is 5.73 Å². The first-order chi connectivity index (χ1) is 7.22. The van der Waals surface area contributed by atoms with Crippen molar-refractivity contribution in [3.05, 3.63) is 42.7 Å². The summed E-state index contributed by atoms with van der Waals surface area (Å²) in [6.45, 7) is 2.17. The molecule has 0 saturated heterocycles. The normalized spacial score (nSPS) is 13.0. The highest BCUT2D eigenvalue weighted by Gasteiger charge is 2.14. The molecule has 1 nitrogen and oxygen atoms in total. The monoisotopic (exact) mass is 301 g/mol. The van der Waals surface area contributed by atoms with Crippen LogP contribution in [0.1, 0.15) is 28.3 Å². The third-order valence-electron chi connectivity index (χ3n) is 2.31. The van der Waals surface area contributed by atoms with Crippen LogP contribution in [-0.2, 0) is 6.42 Å². The zero-order valence-electron chi connectivity index (χ0n) is 8.37. The van der Waals surface area contributed by atoms with E-state index in [2.05, 4.69) is 45.7 Å². The Bertz CT molecular complexity index is 447. The van der Waals surface area contributed by atoms with Gasteiger partial charge in [0.1, 0.15) is 0 Å². The zero-order chi connectivity index (χ0) is 10.8. The van der Waals surface area contributed by atoms with Crippen molar-refractivity contribution >= 4 is 38.6 Å². The Morgan fingerprint density at radius 3 is 2.73 bits per heavy atom. The minimum absolute atomic E-state index is 0.0101. The molecule has 1 atom stereocenters. The van der Waals surface area contributed by atoms with E-state index in [1.807, 2.05) is 0 Å². The van der Waals surface area contributed by atoms with E-state index in [4.69, 9.17) is 5.73 Å². The van der Waals surface area contributed by atoms with Gasteiger partial charge in [-0.1, -0.05) is 6.92 Å². The summed E-state index contributed by atoms with van der Waals surface area (Å²) in [5.74, 6) is 0. The highest BCUT2D eigenvalue weighted by molar-refractivity contribution is 9.10. The van der Waals surface area contributed by atoms with Crippen molar-refractivity contribution in [3.63, 3.8) is 0 Å². The van der Waals surface area contributed by atoms with E-state index in [1.54, 1.807) is 22.7 Å². The average molecular weight is 302 g/mol. The first kappa shape index (κ1) is 11.3. The van der Waals surface area contributed by atoms with Gasteiger partial charge in [-0.05, 0) is 45.4 Å². The maximum atomic E-state index is 6.22. The lowest BCUT2D eigenvalue weighted by molar-refractivity contribution is 0.894. The SMILES string of the molecule is CCc1ccc(C(N)c2cscc2Br)s1. The fourth-order valence-corrected chi connectivity index (χ4v) is 3.97. The molecule has 15 heavy (non-hydrogen) atoms.